The topological polar surface area (TPSA) is 49.4 Å². The Morgan fingerprint density at radius 1 is 1.08 bits per heavy atom. The molecule has 0 heterocycles. The Hall–Kier alpha value is -2.19. The number of amides is 2. The van der Waals surface area contributed by atoms with Gasteiger partial charge in [-0.3, -0.25) is 9.59 Å². The summed E-state index contributed by atoms with van der Waals surface area (Å²) < 4.78 is 36.9. The fourth-order valence-electron chi connectivity index (χ4n) is 2.04. The average molecular weight is 403 g/mol. The summed E-state index contributed by atoms with van der Waals surface area (Å²) in [5.74, 6) is -0.882. The van der Waals surface area contributed by atoms with Crippen LogP contribution < -0.4 is 5.32 Å². The van der Waals surface area contributed by atoms with Gasteiger partial charge in [0.05, 0.1) is 6.54 Å². The Labute approximate surface area is 157 Å². The minimum atomic E-state index is -4.39. The van der Waals surface area contributed by atoms with Gasteiger partial charge in [0.25, 0.3) is 5.91 Å². The van der Waals surface area contributed by atoms with Gasteiger partial charge in [0.15, 0.2) is 0 Å². The highest BCUT2D eigenvalue weighted by Crippen LogP contribution is 2.36. The summed E-state index contributed by atoms with van der Waals surface area (Å²) >= 11 is 5.50. The first-order valence-corrected chi connectivity index (χ1v) is 8.50. The number of thioether (sulfide) groups is 1. The molecule has 0 saturated carbocycles. The number of halogens is 4. The van der Waals surface area contributed by atoms with E-state index < -0.39 is 17.3 Å². The summed E-state index contributed by atoms with van der Waals surface area (Å²) in [6.07, 6.45) is 0. The first-order chi connectivity index (χ1) is 12.1. The molecule has 0 radical (unpaired) electrons. The lowest BCUT2D eigenvalue weighted by Crippen LogP contribution is -2.34. The molecule has 0 atom stereocenters. The van der Waals surface area contributed by atoms with Gasteiger partial charge in [0, 0.05) is 28.2 Å². The lowest BCUT2D eigenvalue weighted by Gasteiger charge is -2.17. The Morgan fingerprint density at radius 2 is 1.65 bits per heavy atom. The third-order valence-electron chi connectivity index (χ3n) is 3.19. The van der Waals surface area contributed by atoms with Crippen LogP contribution in [0.1, 0.15) is 10.4 Å². The minimum absolute atomic E-state index is 0.0165. The van der Waals surface area contributed by atoms with Gasteiger partial charge in [-0.15, -0.1) is 0 Å². The van der Waals surface area contributed by atoms with Gasteiger partial charge in [-0.1, -0.05) is 11.6 Å². The molecule has 0 saturated heterocycles. The summed E-state index contributed by atoms with van der Waals surface area (Å²) in [6, 6.07) is 11.5. The predicted octanol–water partition coefficient (Wildman–Crippen LogP) is 4.66. The standard InChI is InChI=1S/C17H14ClF3N2O2S/c1-23(10-15(24)22-13-6-4-12(18)5-7-13)16(25)11-2-8-14(9-3-11)26-17(19,20)21/h2-9H,10H2,1H3,(H,22,24). The number of benzene rings is 2. The van der Waals surface area contributed by atoms with Gasteiger partial charge in [0.2, 0.25) is 5.91 Å². The lowest BCUT2D eigenvalue weighted by atomic mass is 10.2. The molecule has 0 aliphatic rings. The van der Waals surface area contributed by atoms with Crippen LogP contribution in [0.4, 0.5) is 18.9 Å². The van der Waals surface area contributed by atoms with E-state index in [0.717, 1.165) is 0 Å². The molecule has 2 rings (SSSR count). The van der Waals surface area contributed by atoms with Crippen molar-refractivity contribution >= 4 is 40.9 Å². The summed E-state index contributed by atoms with van der Waals surface area (Å²) in [5, 5.41) is 3.15. The number of alkyl halides is 3. The molecule has 0 aromatic heterocycles. The number of nitrogens with zero attached hydrogens (tertiary/aromatic N) is 1. The molecule has 138 valence electrons. The number of carbonyl (C=O) groups excluding carboxylic acids is 2. The van der Waals surface area contributed by atoms with Gasteiger partial charge >= 0.3 is 5.51 Å². The summed E-state index contributed by atoms with van der Waals surface area (Å²) in [6.45, 7) is -0.208. The second-order valence-electron chi connectivity index (χ2n) is 5.29. The number of nitrogens with one attached hydrogen (secondary N) is 1. The highest BCUT2D eigenvalue weighted by Gasteiger charge is 2.29. The molecule has 9 heteroatoms. The zero-order chi connectivity index (χ0) is 19.3. The normalized spacial score (nSPS) is 11.1. The fraction of sp³-hybridized carbons (Fsp3) is 0.176. The highest BCUT2D eigenvalue weighted by molar-refractivity contribution is 8.00. The molecule has 0 unspecified atom stereocenters. The zero-order valence-corrected chi connectivity index (χ0v) is 15.1. The van der Waals surface area contributed by atoms with Crippen molar-refractivity contribution in [1.29, 1.82) is 0 Å². The SMILES string of the molecule is CN(CC(=O)Nc1ccc(Cl)cc1)C(=O)c1ccc(SC(F)(F)F)cc1. The van der Waals surface area contributed by atoms with Crippen molar-refractivity contribution in [1.82, 2.24) is 4.90 Å². The third-order valence-corrected chi connectivity index (χ3v) is 4.18. The monoisotopic (exact) mass is 402 g/mol. The molecule has 0 fully saturated rings. The van der Waals surface area contributed by atoms with E-state index in [4.69, 9.17) is 11.6 Å². The van der Waals surface area contributed by atoms with Crippen molar-refractivity contribution < 1.29 is 22.8 Å². The Balaban J connectivity index is 1.93. The van der Waals surface area contributed by atoms with Crippen LogP contribution in [0.2, 0.25) is 5.02 Å². The van der Waals surface area contributed by atoms with Gasteiger partial charge in [-0.05, 0) is 60.3 Å². The number of hydrogen-bond acceptors (Lipinski definition) is 3. The summed E-state index contributed by atoms with van der Waals surface area (Å²) in [7, 11) is 1.43. The van der Waals surface area contributed by atoms with E-state index in [2.05, 4.69) is 5.32 Å². The second kappa shape index (κ2) is 8.46. The largest absolute Gasteiger partial charge is 0.446 e. The van der Waals surface area contributed by atoms with Crippen molar-refractivity contribution in [3.63, 3.8) is 0 Å². The van der Waals surface area contributed by atoms with Crippen LogP contribution in [-0.4, -0.2) is 35.8 Å². The zero-order valence-electron chi connectivity index (χ0n) is 13.5. The average Bonchev–Trinajstić information content (AvgIpc) is 2.55. The van der Waals surface area contributed by atoms with Crippen LogP contribution in [0.3, 0.4) is 0 Å². The smallest absolute Gasteiger partial charge is 0.332 e. The lowest BCUT2D eigenvalue weighted by molar-refractivity contribution is -0.116. The van der Waals surface area contributed by atoms with Crippen LogP contribution in [-0.2, 0) is 4.79 Å². The van der Waals surface area contributed by atoms with Crippen LogP contribution >= 0.6 is 23.4 Å². The number of rotatable bonds is 5. The molecule has 0 bridgehead atoms. The van der Waals surface area contributed by atoms with Crippen LogP contribution in [0.5, 0.6) is 0 Å². The molecule has 0 spiro atoms. The molecule has 4 nitrogen and oxygen atoms in total. The minimum Gasteiger partial charge on any atom is -0.332 e. The van der Waals surface area contributed by atoms with Crippen molar-refractivity contribution in [3.05, 3.63) is 59.1 Å². The van der Waals surface area contributed by atoms with Gasteiger partial charge in [-0.2, -0.15) is 13.2 Å². The Morgan fingerprint density at radius 3 is 2.19 bits per heavy atom. The van der Waals surface area contributed by atoms with Crippen molar-refractivity contribution in [2.45, 2.75) is 10.4 Å². The summed E-state index contributed by atoms with van der Waals surface area (Å²) in [4.78, 5) is 25.4. The molecular weight excluding hydrogens is 389 g/mol. The van der Waals surface area contributed by atoms with E-state index in [1.54, 1.807) is 24.3 Å². The highest BCUT2D eigenvalue weighted by atomic mass is 35.5. The Kier molecular flexibility index (Phi) is 6.55. The molecule has 26 heavy (non-hydrogen) atoms. The van der Waals surface area contributed by atoms with E-state index in [1.807, 2.05) is 0 Å². The molecule has 2 aromatic rings. The maximum atomic E-state index is 12.3. The Bertz CT molecular complexity index is 780. The van der Waals surface area contributed by atoms with E-state index in [1.165, 1.54) is 36.2 Å². The summed E-state index contributed by atoms with van der Waals surface area (Å²) in [5.41, 5.74) is -3.66. The number of likely N-dealkylation sites (N-methyl/N-ethyl adjacent to an activating group) is 1. The van der Waals surface area contributed by atoms with Gasteiger partial charge in [0.1, 0.15) is 0 Å². The van der Waals surface area contributed by atoms with E-state index in [0.29, 0.717) is 10.7 Å². The number of carbonyl (C=O) groups is 2. The quantitative estimate of drug-likeness (QED) is 0.740. The maximum absolute atomic E-state index is 12.3. The van der Waals surface area contributed by atoms with Gasteiger partial charge < -0.3 is 10.2 Å². The molecule has 2 amide bonds. The first-order valence-electron chi connectivity index (χ1n) is 7.31. The number of anilines is 1. The van der Waals surface area contributed by atoms with Gasteiger partial charge in [-0.25, -0.2) is 0 Å². The maximum Gasteiger partial charge on any atom is 0.446 e. The second-order valence-corrected chi connectivity index (χ2v) is 6.86. The van der Waals surface area contributed by atoms with Crippen LogP contribution in [0, 0.1) is 0 Å². The van der Waals surface area contributed by atoms with Crippen molar-refractivity contribution in [2.75, 3.05) is 18.9 Å². The van der Waals surface area contributed by atoms with E-state index in [9.17, 15) is 22.8 Å². The first kappa shape index (κ1) is 20.1. The molecule has 1 N–H and O–H groups in total. The van der Waals surface area contributed by atoms with E-state index in [-0.39, 0.29) is 28.8 Å². The molecule has 0 aliphatic heterocycles. The molecule has 0 aliphatic carbocycles. The predicted molar refractivity (Wildman–Crippen MR) is 95.4 cm³/mol. The molecule has 2 aromatic carbocycles. The van der Waals surface area contributed by atoms with Crippen LogP contribution in [0.25, 0.3) is 0 Å². The third kappa shape index (κ3) is 6.27. The van der Waals surface area contributed by atoms with Crippen LogP contribution in [0.15, 0.2) is 53.4 Å². The number of hydrogen-bond donors (Lipinski definition) is 1. The van der Waals surface area contributed by atoms with E-state index >= 15 is 0 Å². The van der Waals surface area contributed by atoms with Crippen molar-refractivity contribution in [2.24, 2.45) is 0 Å². The van der Waals surface area contributed by atoms with Crippen molar-refractivity contribution in [3.8, 4) is 0 Å². The fourth-order valence-corrected chi connectivity index (χ4v) is 2.71. The molecular formula is C17H14ClF3N2O2S.